The van der Waals surface area contributed by atoms with Crippen LogP contribution in [0.2, 0.25) is 0 Å². The zero-order valence-electron chi connectivity index (χ0n) is 11.1. The highest BCUT2D eigenvalue weighted by Gasteiger charge is 2.28. The van der Waals surface area contributed by atoms with E-state index in [4.69, 9.17) is 5.11 Å². The maximum absolute atomic E-state index is 11.8. The molecule has 0 radical (unpaired) electrons. The average molecular weight is 284 g/mol. The Morgan fingerprint density at radius 3 is 2.05 bits per heavy atom. The zero-order chi connectivity index (χ0) is 15.3. The van der Waals surface area contributed by atoms with Crippen molar-refractivity contribution < 1.29 is 27.9 Å². The molecule has 2 amide bonds. The molecule has 0 spiro atoms. The molecule has 0 aliphatic carbocycles. The minimum Gasteiger partial charge on any atom is -0.481 e. The zero-order valence-corrected chi connectivity index (χ0v) is 11.1. The van der Waals surface area contributed by atoms with Crippen LogP contribution in [0.3, 0.4) is 0 Å². The minimum atomic E-state index is -4.49. The fourth-order valence-corrected chi connectivity index (χ4v) is 1.44. The first kappa shape index (κ1) is 17.5. The highest BCUT2D eigenvalue weighted by Crippen LogP contribution is 2.24. The quantitative estimate of drug-likeness (QED) is 0.722. The van der Waals surface area contributed by atoms with Crippen LogP contribution in [0.25, 0.3) is 0 Å². The molecule has 0 heterocycles. The van der Waals surface area contributed by atoms with Crippen molar-refractivity contribution in [3.05, 3.63) is 0 Å². The third-order valence-electron chi connectivity index (χ3n) is 2.17. The Balaban J connectivity index is 4.19. The minimum absolute atomic E-state index is 0.212. The number of amides is 2. The van der Waals surface area contributed by atoms with Crippen LogP contribution in [-0.4, -0.2) is 36.4 Å². The number of carbonyl (C=O) groups is 2. The van der Waals surface area contributed by atoms with Crippen LogP contribution in [0.4, 0.5) is 18.0 Å². The SMILES string of the molecule is CC(C)(C)CC(CNC(=O)NCC(F)(F)F)C(=O)O. The second-order valence-corrected chi connectivity index (χ2v) is 5.48. The Kier molecular flexibility index (Phi) is 6.11. The van der Waals surface area contributed by atoms with Crippen LogP contribution in [0.1, 0.15) is 27.2 Å². The van der Waals surface area contributed by atoms with E-state index in [0.29, 0.717) is 6.42 Å². The summed E-state index contributed by atoms with van der Waals surface area (Å²) in [5.74, 6) is -1.93. The molecule has 0 rings (SSSR count). The number of urea groups is 1. The lowest BCUT2D eigenvalue weighted by atomic mass is 9.84. The third-order valence-corrected chi connectivity index (χ3v) is 2.17. The van der Waals surface area contributed by atoms with E-state index in [2.05, 4.69) is 5.32 Å². The maximum atomic E-state index is 11.8. The van der Waals surface area contributed by atoms with Crippen molar-refractivity contribution in [1.29, 1.82) is 0 Å². The summed E-state index contributed by atoms with van der Waals surface area (Å²) in [7, 11) is 0. The van der Waals surface area contributed by atoms with Gasteiger partial charge in [-0.25, -0.2) is 4.79 Å². The third kappa shape index (κ3) is 10.2. The van der Waals surface area contributed by atoms with Gasteiger partial charge >= 0.3 is 18.2 Å². The molecule has 0 bridgehead atoms. The van der Waals surface area contributed by atoms with E-state index in [1.807, 2.05) is 20.8 Å². The fraction of sp³-hybridized carbons (Fsp3) is 0.818. The Bertz CT molecular complexity index is 324. The van der Waals surface area contributed by atoms with E-state index in [0.717, 1.165) is 0 Å². The van der Waals surface area contributed by atoms with Gasteiger partial charge in [-0.15, -0.1) is 0 Å². The number of carboxylic acids is 1. The van der Waals surface area contributed by atoms with Gasteiger partial charge < -0.3 is 15.7 Å². The van der Waals surface area contributed by atoms with Crippen LogP contribution in [0.15, 0.2) is 0 Å². The molecule has 0 aromatic heterocycles. The van der Waals surface area contributed by atoms with Gasteiger partial charge in [0.25, 0.3) is 0 Å². The van der Waals surface area contributed by atoms with Gasteiger partial charge in [0.2, 0.25) is 0 Å². The van der Waals surface area contributed by atoms with Crippen molar-refractivity contribution in [1.82, 2.24) is 10.6 Å². The molecule has 0 fully saturated rings. The lowest BCUT2D eigenvalue weighted by molar-refractivity contribution is -0.142. The molecule has 1 atom stereocenters. The second kappa shape index (κ2) is 6.63. The molecule has 5 nitrogen and oxygen atoms in total. The smallest absolute Gasteiger partial charge is 0.405 e. The first-order valence-electron chi connectivity index (χ1n) is 5.72. The molecule has 0 aliphatic heterocycles. The first-order valence-corrected chi connectivity index (χ1v) is 5.72. The molecule has 0 aliphatic rings. The number of carboxylic acid groups (broad SMARTS) is 1. The van der Waals surface area contributed by atoms with Gasteiger partial charge in [0.15, 0.2) is 0 Å². The van der Waals surface area contributed by atoms with E-state index in [1.165, 1.54) is 0 Å². The summed E-state index contributed by atoms with van der Waals surface area (Å²) in [5, 5.41) is 12.7. The Labute approximate surface area is 109 Å². The van der Waals surface area contributed by atoms with Gasteiger partial charge in [0.05, 0.1) is 5.92 Å². The molecule has 1 unspecified atom stereocenters. The average Bonchev–Trinajstić information content (AvgIpc) is 2.18. The van der Waals surface area contributed by atoms with Gasteiger partial charge in [-0.1, -0.05) is 20.8 Å². The van der Waals surface area contributed by atoms with Crippen LogP contribution in [-0.2, 0) is 4.79 Å². The number of rotatable bonds is 5. The van der Waals surface area contributed by atoms with E-state index in [9.17, 15) is 22.8 Å². The maximum Gasteiger partial charge on any atom is 0.405 e. The van der Waals surface area contributed by atoms with Crippen molar-refractivity contribution in [3.8, 4) is 0 Å². The van der Waals surface area contributed by atoms with Crippen LogP contribution >= 0.6 is 0 Å². The molecule has 3 N–H and O–H groups in total. The second-order valence-electron chi connectivity index (χ2n) is 5.48. The standard InChI is InChI=1S/C11H19F3N2O3/c1-10(2,3)4-7(8(17)18)5-15-9(19)16-6-11(12,13)14/h7H,4-6H2,1-3H3,(H,17,18)(H2,15,16,19). The van der Waals surface area contributed by atoms with Crippen molar-refractivity contribution in [2.24, 2.45) is 11.3 Å². The molecule has 0 aromatic carbocycles. The highest BCUT2D eigenvalue weighted by molar-refractivity contribution is 5.75. The summed E-state index contributed by atoms with van der Waals surface area (Å²) < 4.78 is 35.5. The number of hydrogen-bond acceptors (Lipinski definition) is 2. The van der Waals surface area contributed by atoms with Crippen molar-refractivity contribution >= 4 is 12.0 Å². The van der Waals surface area contributed by atoms with Crippen LogP contribution in [0.5, 0.6) is 0 Å². The van der Waals surface area contributed by atoms with Gasteiger partial charge in [-0.05, 0) is 11.8 Å². The summed E-state index contributed by atoms with van der Waals surface area (Å²) >= 11 is 0. The molecule has 112 valence electrons. The molecule has 0 saturated carbocycles. The molecular formula is C11H19F3N2O3. The largest absolute Gasteiger partial charge is 0.481 e. The van der Waals surface area contributed by atoms with E-state index in [-0.39, 0.29) is 12.0 Å². The number of halogens is 3. The molecule has 0 aromatic rings. The number of aliphatic carboxylic acids is 1. The van der Waals surface area contributed by atoms with Gasteiger partial charge in [-0.3, -0.25) is 4.79 Å². The van der Waals surface area contributed by atoms with Crippen molar-refractivity contribution in [3.63, 3.8) is 0 Å². The van der Waals surface area contributed by atoms with E-state index >= 15 is 0 Å². The number of nitrogens with one attached hydrogen (secondary N) is 2. The summed E-state index contributed by atoms with van der Waals surface area (Å²) in [4.78, 5) is 22.0. The Morgan fingerprint density at radius 2 is 1.68 bits per heavy atom. The highest BCUT2D eigenvalue weighted by atomic mass is 19.4. The molecule has 0 saturated heterocycles. The number of alkyl halides is 3. The summed E-state index contributed by atoms with van der Waals surface area (Å²) in [6.45, 7) is 3.86. The fourth-order valence-electron chi connectivity index (χ4n) is 1.44. The van der Waals surface area contributed by atoms with Crippen LogP contribution in [0, 0.1) is 11.3 Å². The summed E-state index contributed by atoms with van der Waals surface area (Å²) in [5.41, 5.74) is -0.257. The van der Waals surface area contributed by atoms with E-state index in [1.54, 1.807) is 5.32 Å². The first-order chi connectivity index (χ1) is 8.41. The predicted octanol–water partition coefficient (Wildman–Crippen LogP) is 1.98. The predicted molar refractivity (Wildman–Crippen MR) is 62.7 cm³/mol. The lowest BCUT2D eigenvalue weighted by Crippen LogP contribution is -2.43. The summed E-state index contributed by atoms with van der Waals surface area (Å²) in [6, 6.07) is -1.03. The Morgan fingerprint density at radius 1 is 1.16 bits per heavy atom. The molecular weight excluding hydrogens is 265 g/mol. The van der Waals surface area contributed by atoms with Gasteiger partial charge in [-0.2, -0.15) is 13.2 Å². The van der Waals surface area contributed by atoms with Gasteiger partial charge in [0, 0.05) is 6.54 Å². The van der Waals surface area contributed by atoms with Crippen molar-refractivity contribution in [2.75, 3.05) is 13.1 Å². The lowest BCUT2D eigenvalue weighted by Gasteiger charge is -2.23. The van der Waals surface area contributed by atoms with Gasteiger partial charge in [0.1, 0.15) is 6.54 Å². The monoisotopic (exact) mass is 284 g/mol. The molecule has 19 heavy (non-hydrogen) atoms. The molecule has 8 heteroatoms. The summed E-state index contributed by atoms with van der Waals surface area (Å²) in [6.07, 6.45) is -4.18. The Hall–Kier alpha value is -1.47. The normalized spacial score (nSPS) is 13.8. The topological polar surface area (TPSA) is 78.4 Å². The van der Waals surface area contributed by atoms with Crippen LogP contribution < -0.4 is 10.6 Å². The van der Waals surface area contributed by atoms with Crippen molar-refractivity contribution in [2.45, 2.75) is 33.4 Å². The van der Waals surface area contributed by atoms with E-state index < -0.39 is 30.6 Å². The number of carbonyl (C=O) groups excluding carboxylic acids is 1. The number of hydrogen-bond donors (Lipinski definition) is 3.